The first kappa shape index (κ1) is 19.8. The van der Waals surface area contributed by atoms with Crippen LogP contribution in [0, 0.1) is 0 Å². The van der Waals surface area contributed by atoms with E-state index < -0.39 is 0 Å². The molecule has 0 amide bonds. The molecule has 0 aliphatic carbocycles. The van der Waals surface area contributed by atoms with Crippen LogP contribution in [0.3, 0.4) is 0 Å². The number of aryl methyl sites for hydroxylation is 1. The standard InChI is InChI=1S/C20H27N7OS/c1-3-5-16-13-18(28)27-20(23-16)29-19(24-27)22-14-15-6-7-21-17(12-15)26-10-8-25(4-2)9-11-26/h6-7,12-13H,3-5,8-11,14H2,1-2H3,(H,22,24). The lowest BCUT2D eigenvalue weighted by Crippen LogP contribution is -2.46. The molecule has 8 nitrogen and oxygen atoms in total. The van der Waals surface area contributed by atoms with Crippen molar-refractivity contribution >= 4 is 27.2 Å². The van der Waals surface area contributed by atoms with Crippen LogP contribution < -0.4 is 15.8 Å². The Morgan fingerprint density at radius 2 is 2.00 bits per heavy atom. The molecule has 4 heterocycles. The molecule has 9 heteroatoms. The molecule has 0 radical (unpaired) electrons. The number of hydrogen-bond acceptors (Lipinski definition) is 8. The highest BCUT2D eigenvalue weighted by Crippen LogP contribution is 2.19. The fraction of sp³-hybridized carbons (Fsp3) is 0.500. The van der Waals surface area contributed by atoms with Gasteiger partial charge in [-0.05, 0) is 30.7 Å². The lowest BCUT2D eigenvalue weighted by molar-refractivity contribution is 0.270. The molecule has 3 aromatic rings. The third-order valence-corrected chi connectivity index (χ3v) is 6.07. The maximum absolute atomic E-state index is 12.2. The Labute approximate surface area is 174 Å². The molecule has 1 aliphatic rings. The van der Waals surface area contributed by atoms with Gasteiger partial charge in [-0.15, -0.1) is 5.10 Å². The molecule has 0 spiro atoms. The Kier molecular flexibility index (Phi) is 6.05. The third kappa shape index (κ3) is 4.56. The van der Waals surface area contributed by atoms with Crippen molar-refractivity contribution in [2.24, 2.45) is 0 Å². The SMILES string of the molecule is CCCc1cc(=O)n2nc(NCc3ccnc(N4CCN(CC)CC4)c3)sc2n1. The summed E-state index contributed by atoms with van der Waals surface area (Å²) in [5.74, 6) is 1.02. The number of anilines is 2. The molecule has 154 valence electrons. The number of pyridine rings is 1. The average Bonchev–Trinajstić information content (AvgIpc) is 3.16. The van der Waals surface area contributed by atoms with Gasteiger partial charge in [0, 0.05) is 50.7 Å². The van der Waals surface area contributed by atoms with E-state index in [4.69, 9.17) is 0 Å². The summed E-state index contributed by atoms with van der Waals surface area (Å²) in [6.07, 6.45) is 3.63. The van der Waals surface area contributed by atoms with E-state index in [1.54, 1.807) is 6.07 Å². The molecule has 0 saturated carbocycles. The van der Waals surface area contributed by atoms with E-state index in [-0.39, 0.29) is 5.56 Å². The second-order valence-corrected chi connectivity index (χ2v) is 8.19. The highest BCUT2D eigenvalue weighted by molar-refractivity contribution is 7.20. The first-order chi connectivity index (χ1) is 14.2. The number of rotatable bonds is 7. The summed E-state index contributed by atoms with van der Waals surface area (Å²) in [5.41, 5.74) is 1.84. The van der Waals surface area contributed by atoms with Crippen LogP contribution in [0.1, 0.15) is 31.5 Å². The molecule has 0 bridgehead atoms. The van der Waals surface area contributed by atoms with Gasteiger partial charge in [-0.1, -0.05) is 31.6 Å². The van der Waals surface area contributed by atoms with E-state index in [1.807, 2.05) is 12.3 Å². The summed E-state index contributed by atoms with van der Waals surface area (Å²) in [7, 11) is 0. The van der Waals surface area contributed by atoms with Crippen LogP contribution in [0.2, 0.25) is 0 Å². The van der Waals surface area contributed by atoms with Crippen molar-refractivity contribution in [1.82, 2.24) is 24.5 Å². The number of likely N-dealkylation sites (N-methyl/N-ethyl adjacent to an activating group) is 1. The van der Waals surface area contributed by atoms with Gasteiger partial charge in [0.15, 0.2) is 0 Å². The smallest absolute Gasteiger partial charge is 0.275 e. The molecule has 0 unspecified atom stereocenters. The summed E-state index contributed by atoms with van der Waals surface area (Å²) < 4.78 is 1.37. The Morgan fingerprint density at radius 1 is 1.17 bits per heavy atom. The summed E-state index contributed by atoms with van der Waals surface area (Å²) in [6, 6.07) is 5.72. The largest absolute Gasteiger partial charge is 0.356 e. The molecule has 0 aromatic carbocycles. The van der Waals surface area contributed by atoms with Gasteiger partial charge in [0.2, 0.25) is 10.1 Å². The maximum Gasteiger partial charge on any atom is 0.275 e. The molecular formula is C20H27N7OS. The number of aromatic nitrogens is 4. The molecule has 1 N–H and O–H groups in total. The Hall–Kier alpha value is -2.52. The molecule has 1 fully saturated rings. The van der Waals surface area contributed by atoms with Crippen molar-refractivity contribution in [1.29, 1.82) is 0 Å². The van der Waals surface area contributed by atoms with Gasteiger partial charge in [-0.25, -0.2) is 9.97 Å². The molecule has 1 saturated heterocycles. The molecule has 29 heavy (non-hydrogen) atoms. The quantitative estimate of drug-likeness (QED) is 0.636. The Morgan fingerprint density at radius 3 is 2.76 bits per heavy atom. The van der Waals surface area contributed by atoms with Crippen LogP contribution in [0.4, 0.5) is 10.9 Å². The maximum atomic E-state index is 12.2. The fourth-order valence-corrected chi connectivity index (χ4v) is 4.35. The second kappa shape index (κ2) is 8.87. The highest BCUT2D eigenvalue weighted by atomic mass is 32.1. The van der Waals surface area contributed by atoms with Gasteiger partial charge >= 0.3 is 0 Å². The Balaban J connectivity index is 1.44. The van der Waals surface area contributed by atoms with Crippen LogP contribution in [-0.2, 0) is 13.0 Å². The van der Waals surface area contributed by atoms with Gasteiger partial charge in [-0.2, -0.15) is 4.52 Å². The summed E-state index contributed by atoms with van der Waals surface area (Å²) in [4.78, 5) is 26.8. The summed E-state index contributed by atoms with van der Waals surface area (Å²) >= 11 is 1.40. The summed E-state index contributed by atoms with van der Waals surface area (Å²) in [5, 5.41) is 8.40. The minimum Gasteiger partial charge on any atom is -0.356 e. The zero-order valence-electron chi connectivity index (χ0n) is 17.0. The van der Waals surface area contributed by atoms with Crippen molar-refractivity contribution < 1.29 is 0 Å². The topological polar surface area (TPSA) is 78.7 Å². The highest BCUT2D eigenvalue weighted by Gasteiger charge is 2.17. The second-order valence-electron chi connectivity index (χ2n) is 7.23. The fourth-order valence-electron chi connectivity index (χ4n) is 3.53. The van der Waals surface area contributed by atoms with Crippen LogP contribution in [-0.4, -0.2) is 57.2 Å². The van der Waals surface area contributed by atoms with Crippen LogP contribution in [0.25, 0.3) is 4.96 Å². The van der Waals surface area contributed by atoms with E-state index in [2.05, 4.69) is 50.1 Å². The van der Waals surface area contributed by atoms with E-state index in [0.29, 0.717) is 16.6 Å². The van der Waals surface area contributed by atoms with Crippen LogP contribution in [0.5, 0.6) is 0 Å². The first-order valence-corrected chi connectivity index (χ1v) is 11.0. The molecule has 1 aliphatic heterocycles. The van der Waals surface area contributed by atoms with E-state index in [0.717, 1.165) is 62.6 Å². The van der Waals surface area contributed by atoms with Gasteiger partial charge in [0.05, 0.1) is 0 Å². The van der Waals surface area contributed by atoms with Gasteiger partial charge in [0.1, 0.15) is 5.82 Å². The zero-order valence-corrected chi connectivity index (χ0v) is 17.8. The predicted molar refractivity (Wildman–Crippen MR) is 117 cm³/mol. The van der Waals surface area contributed by atoms with Crippen molar-refractivity contribution in [3.63, 3.8) is 0 Å². The predicted octanol–water partition coefficient (Wildman–Crippen LogP) is 2.25. The lowest BCUT2D eigenvalue weighted by atomic mass is 10.2. The van der Waals surface area contributed by atoms with Crippen molar-refractivity contribution in [3.8, 4) is 0 Å². The number of nitrogens with zero attached hydrogens (tertiary/aromatic N) is 6. The van der Waals surface area contributed by atoms with Gasteiger partial charge in [-0.3, -0.25) is 4.79 Å². The number of piperazine rings is 1. The van der Waals surface area contributed by atoms with E-state index >= 15 is 0 Å². The van der Waals surface area contributed by atoms with Crippen molar-refractivity contribution in [3.05, 3.63) is 46.0 Å². The van der Waals surface area contributed by atoms with E-state index in [1.165, 1.54) is 15.9 Å². The zero-order chi connectivity index (χ0) is 20.2. The van der Waals surface area contributed by atoms with Gasteiger partial charge in [0.25, 0.3) is 5.56 Å². The minimum absolute atomic E-state index is 0.125. The molecule has 3 aromatic heterocycles. The average molecular weight is 414 g/mol. The normalized spacial score (nSPS) is 15.2. The number of hydrogen-bond donors (Lipinski definition) is 1. The van der Waals surface area contributed by atoms with Crippen molar-refractivity contribution in [2.75, 3.05) is 42.9 Å². The monoisotopic (exact) mass is 413 g/mol. The number of fused-ring (bicyclic) bond motifs is 1. The molecule has 4 rings (SSSR count). The third-order valence-electron chi connectivity index (χ3n) is 5.20. The first-order valence-electron chi connectivity index (χ1n) is 10.2. The lowest BCUT2D eigenvalue weighted by Gasteiger charge is -2.34. The van der Waals surface area contributed by atoms with Crippen molar-refractivity contribution in [2.45, 2.75) is 33.2 Å². The number of nitrogens with one attached hydrogen (secondary N) is 1. The van der Waals surface area contributed by atoms with Gasteiger partial charge < -0.3 is 15.1 Å². The molecular weight excluding hydrogens is 386 g/mol. The Bertz CT molecular complexity index is 1020. The summed E-state index contributed by atoms with van der Waals surface area (Å²) in [6.45, 7) is 10.2. The van der Waals surface area contributed by atoms with Crippen LogP contribution >= 0.6 is 11.3 Å². The minimum atomic E-state index is -0.125. The molecule has 0 atom stereocenters. The van der Waals surface area contributed by atoms with E-state index in [9.17, 15) is 4.79 Å². The van der Waals surface area contributed by atoms with Crippen LogP contribution in [0.15, 0.2) is 29.2 Å².